The number of alkyl halides is 2. The van der Waals surface area contributed by atoms with E-state index < -0.39 is 0 Å². The number of rotatable bonds is 0. The normalized spacial score (nSPS) is 48.5. The summed E-state index contributed by atoms with van der Waals surface area (Å²) < 4.78 is 2.72. The molecule has 2 fully saturated rings. The van der Waals surface area contributed by atoms with E-state index in [1.807, 2.05) is 0 Å². The van der Waals surface area contributed by atoms with E-state index in [1.54, 1.807) is 10.8 Å². The van der Waals surface area contributed by atoms with Crippen LogP contribution in [-0.4, -0.2) is 8.35 Å². The van der Waals surface area contributed by atoms with Crippen molar-refractivity contribution in [2.45, 2.75) is 37.5 Å². The van der Waals surface area contributed by atoms with Crippen LogP contribution < -0.4 is 21.2 Å². The Morgan fingerprint density at radius 3 is 2.45 bits per heavy atom. The van der Waals surface area contributed by atoms with Gasteiger partial charge in [0.1, 0.15) is 0 Å². The van der Waals surface area contributed by atoms with E-state index in [2.05, 4.69) is 20.8 Å². The molecule has 0 amide bonds. The molecular formula is C10H18I-. The minimum absolute atomic E-state index is 0.546. The first-order valence-electron chi connectivity index (χ1n) is 4.69. The van der Waals surface area contributed by atoms with Gasteiger partial charge in [0.2, 0.25) is 0 Å². The van der Waals surface area contributed by atoms with Gasteiger partial charge in [-0.2, -0.15) is 0 Å². The van der Waals surface area contributed by atoms with Gasteiger partial charge in [0.05, 0.1) is 0 Å². The van der Waals surface area contributed by atoms with Crippen molar-refractivity contribution in [1.29, 1.82) is 0 Å². The van der Waals surface area contributed by atoms with Gasteiger partial charge in [-0.15, -0.1) is 0 Å². The van der Waals surface area contributed by atoms with E-state index in [9.17, 15) is 0 Å². The predicted octanol–water partition coefficient (Wildman–Crippen LogP) is -0.470. The molecule has 0 nitrogen and oxygen atoms in total. The molecule has 2 aliphatic rings. The number of hydrogen-bond acceptors (Lipinski definition) is 0. The molecule has 0 radical (unpaired) electrons. The molecule has 0 unspecified atom stereocenters. The molecule has 1 aliphatic heterocycles. The van der Waals surface area contributed by atoms with E-state index in [1.165, 1.54) is 6.42 Å². The third kappa shape index (κ3) is 1.24. The van der Waals surface area contributed by atoms with Crippen LogP contribution >= 0.6 is 0 Å². The minimum atomic E-state index is 0.546. The molecule has 1 saturated heterocycles. The summed E-state index contributed by atoms with van der Waals surface area (Å²) in [5.41, 5.74) is 0.725. The second-order valence-electron chi connectivity index (χ2n) is 4.80. The molecule has 1 saturated carbocycles. The van der Waals surface area contributed by atoms with Crippen molar-refractivity contribution < 1.29 is 21.2 Å². The van der Waals surface area contributed by atoms with E-state index in [4.69, 9.17) is 0 Å². The van der Waals surface area contributed by atoms with Gasteiger partial charge in [0, 0.05) is 0 Å². The Balaban J connectivity index is 2.11. The summed E-state index contributed by atoms with van der Waals surface area (Å²) >= 11 is 0.546. The van der Waals surface area contributed by atoms with Crippen molar-refractivity contribution >= 4 is 0 Å². The molecular weight excluding hydrogens is 247 g/mol. The van der Waals surface area contributed by atoms with Crippen molar-refractivity contribution in [3.63, 3.8) is 0 Å². The molecule has 1 heterocycles. The first-order chi connectivity index (χ1) is 5.11. The van der Waals surface area contributed by atoms with Gasteiger partial charge in [-0.1, -0.05) is 0 Å². The fraction of sp³-hybridized carbons (Fsp3) is 1.00. The third-order valence-electron chi connectivity index (χ3n) is 3.59. The van der Waals surface area contributed by atoms with Gasteiger partial charge in [0.15, 0.2) is 0 Å². The molecule has 0 aromatic carbocycles. The molecule has 66 valence electrons. The van der Waals surface area contributed by atoms with Crippen LogP contribution in [0.1, 0.15) is 33.6 Å². The van der Waals surface area contributed by atoms with Crippen molar-refractivity contribution in [1.82, 2.24) is 0 Å². The summed E-state index contributed by atoms with van der Waals surface area (Å²) in [5.74, 6) is 2.25. The van der Waals surface area contributed by atoms with Gasteiger partial charge in [-0.25, -0.2) is 0 Å². The molecule has 0 N–H and O–H groups in total. The maximum absolute atomic E-state index is 2.50. The predicted molar refractivity (Wildman–Crippen MR) is 44.3 cm³/mol. The van der Waals surface area contributed by atoms with Crippen LogP contribution in [0.15, 0.2) is 0 Å². The van der Waals surface area contributed by atoms with Gasteiger partial charge >= 0.3 is 80.4 Å². The third-order valence-corrected chi connectivity index (χ3v) is 8.31. The van der Waals surface area contributed by atoms with E-state index >= 15 is 0 Å². The maximum atomic E-state index is 2.50. The molecule has 1 aliphatic carbocycles. The van der Waals surface area contributed by atoms with Crippen LogP contribution in [0.25, 0.3) is 0 Å². The van der Waals surface area contributed by atoms with Gasteiger partial charge in [-0.05, 0) is 0 Å². The number of hydrogen-bond donors (Lipinski definition) is 0. The monoisotopic (exact) mass is 265 g/mol. The Labute approximate surface area is 80.4 Å². The molecule has 0 spiro atoms. The van der Waals surface area contributed by atoms with Crippen LogP contribution in [0.3, 0.4) is 0 Å². The van der Waals surface area contributed by atoms with Crippen LogP contribution in [0, 0.1) is 17.3 Å². The fourth-order valence-electron chi connectivity index (χ4n) is 2.58. The molecule has 0 aromatic rings. The standard InChI is InChI=1S/C10H18I/c1-7-8-4-5-9(8)10(2,3)6-11-7/h7-9H,4-6H2,1-3H3/q-1/t7-,8+,9+/m1/s1. The topological polar surface area (TPSA) is 0 Å². The molecule has 2 rings (SSSR count). The van der Waals surface area contributed by atoms with Crippen LogP contribution in [-0.2, 0) is 0 Å². The average molecular weight is 265 g/mol. The van der Waals surface area contributed by atoms with Crippen molar-refractivity contribution in [2.75, 3.05) is 4.43 Å². The van der Waals surface area contributed by atoms with Crippen LogP contribution in [0.5, 0.6) is 0 Å². The van der Waals surface area contributed by atoms with Crippen LogP contribution in [0.4, 0.5) is 0 Å². The number of fused-ring (bicyclic) bond motifs is 1. The molecule has 1 heteroatoms. The zero-order chi connectivity index (χ0) is 8.06. The molecule has 11 heavy (non-hydrogen) atoms. The summed E-state index contributed by atoms with van der Waals surface area (Å²) in [6.45, 7) is 7.49. The second kappa shape index (κ2) is 2.61. The summed E-state index contributed by atoms with van der Waals surface area (Å²) in [4.78, 5) is 0. The van der Waals surface area contributed by atoms with Crippen molar-refractivity contribution in [3.8, 4) is 0 Å². The molecule has 0 aromatic heterocycles. The van der Waals surface area contributed by atoms with Crippen LogP contribution in [0.2, 0.25) is 0 Å². The zero-order valence-electron chi connectivity index (χ0n) is 7.73. The summed E-state index contributed by atoms with van der Waals surface area (Å²) in [6.07, 6.45) is 3.08. The Kier molecular flexibility index (Phi) is 1.98. The summed E-state index contributed by atoms with van der Waals surface area (Å²) in [5, 5.41) is 0. The average Bonchev–Trinajstić information content (AvgIpc) is 1.77. The Morgan fingerprint density at radius 1 is 1.27 bits per heavy atom. The number of halogens is 1. The quantitative estimate of drug-likeness (QED) is 0.410. The van der Waals surface area contributed by atoms with Crippen molar-refractivity contribution in [3.05, 3.63) is 0 Å². The Bertz CT molecular complexity index is 162. The first kappa shape index (κ1) is 8.33. The first-order valence-corrected chi connectivity index (χ1v) is 7.46. The fourth-order valence-corrected chi connectivity index (χ4v) is 6.49. The molecule has 0 bridgehead atoms. The Morgan fingerprint density at radius 2 is 2.00 bits per heavy atom. The van der Waals surface area contributed by atoms with Crippen molar-refractivity contribution in [2.24, 2.45) is 17.3 Å². The van der Waals surface area contributed by atoms with Gasteiger partial charge < -0.3 is 0 Å². The van der Waals surface area contributed by atoms with Gasteiger partial charge in [0.25, 0.3) is 0 Å². The van der Waals surface area contributed by atoms with E-state index in [-0.39, 0.29) is 0 Å². The van der Waals surface area contributed by atoms with E-state index in [0.29, 0.717) is 21.2 Å². The van der Waals surface area contributed by atoms with Gasteiger partial charge in [-0.3, -0.25) is 0 Å². The second-order valence-corrected chi connectivity index (χ2v) is 8.41. The molecule has 3 atom stereocenters. The SMILES string of the molecule is C[C@H]1[I-]CC(C)(C)[C@H]2CC[C@@H]12. The summed E-state index contributed by atoms with van der Waals surface area (Å²) in [6, 6.07) is 0. The van der Waals surface area contributed by atoms with E-state index in [0.717, 1.165) is 21.2 Å². The summed E-state index contributed by atoms with van der Waals surface area (Å²) in [7, 11) is 0. The Hall–Kier alpha value is 0.730. The zero-order valence-corrected chi connectivity index (χ0v) is 9.89.